The van der Waals surface area contributed by atoms with Crippen LogP contribution in [0, 0.1) is 5.82 Å². The molecule has 1 fully saturated rings. The number of hydrogen-bond acceptors (Lipinski definition) is 3. The van der Waals surface area contributed by atoms with Crippen LogP contribution in [0.15, 0.2) is 29.4 Å². The Morgan fingerprint density at radius 3 is 2.87 bits per heavy atom. The molecule has 0 radical (unpaired) electrons. The van der Waals surface area contributed by atoms with Crippen LogP contribution in [0.3, 0.4) is 0 Å². The molecule has 1 heterocycles. The summed E-state index contributed by atoms with van der Waals surface area (Å²) in [6.07, 6.45) is 0.0417. The molecule has 1 saturated heterocycles. The highest BCUT2D eigenvalue weighted by Crippen LogP contribution is 2.33. The van der Waals surface area contributed by atoms with Gasteiger partial charge >= 0.3 is 0 Å². The highest BCUT2D eigenvalue weighted by Gasteiger charge is 2.32. The van der Waals surface area contributed by atoms with Crippen molar-refractivity contribution in [1.82, 2.24) is 5.01 Å². The van der Waals surface area contributed by atoms with Crippen molar-refractivity contribution >= 4 is 6.72 Å². The van der Waals surface area contributed by atoms with Crippen LogP contribution in [-0.4, -0.2) is 29.5 Å². The molecule has 1 aliphatic heterocycles. The lowest BCUT2D eigenvalue weighted by molar-refractivity contribution is 0.177. The molecule has 1 aromatic rings. The summed E-state index contributed by atoms with van der Waals surface area (Å²) in [7, 11) is 0. The molecule has 0 bridgehead atoms. The first kappa shape index (κ1) is 10.1. The summed E-state index contributed by atoms with van der Waals surface area (Å²) >= 11 is 0. The number of β-amino-alcohol motifs (C(OH)–C–C–N with tert-alkyl or cyclic N) is 1. The van der Waals surface area contributed by atoms with Crippen molar-refractivity contribution in [2.45, 2.75) is 18.6 Å². The monoisotopic (exact) mass is 208 g/mol. The zero-order valence-electron chi connectivity index (χ0n) is 8.31. The van der Waals surface area contributed by atoms with Crippen molar-refractivity contribution in [3.05, 3.63) is 35.6 Å². The van der Waals surface area contributed by atoms with Crippen LogP contribution in [-0.2, 0) is 0 Å². The molecule has 0 aliphatic carbocycles. The van der Waals surface area contributed by atoms with E-state index in [1.807, 2.05) is 0 Å². The smallest absolute Gasteiger partial charge is 0.128 e. The van der Waals surface area contributed by atoms with E-state index in [-0.39, 0.29) is 11.9 Å². The van der Waals surface area contributed by atoms with Crippen molar-refractivity contribution in [2.75, 3.05) is 6.54 Å². The summed E-state index contributed by atoms with van der Waals surface area (Å²) in [6.45, 7) is 3.84. The number of aliphatic hydroxyl groups excluding tert-OH is 1. The number of hydrazone groups is 1. The Hall–Kier alpha value is -1.42. The number of aliphatic hydroxyl groups is 1. The fourth-order valence-corrected chi connectivity index (χ4v) is 1.99. The Labute approximate surface area is 87.8 Å². The van der Waals surface area contributed by atoms with E-state index in [4.69, 9.17) is 0 Å². The van der Waals surface area contributed by atoms with Crippen molar-refractivity contribution in [3.63, 3.8) is 0 Å². The van der Waals surface area contributed by atoms with Crippen molar-refractivity contribution < 1.29 is 9.50 Å². The van der Waals surface area contributed by atoms with E-state index in [1.54, 1.807) is 23.2 Å². The minimum atomic E-state index is -0.458. The Balaban J connectivity index is 2.30. The summed E-state index contributed by atoms with van der Waals surface area (Å²) in [5.74, 6) is -0.259. The zero-order valence-corrected chi connectivity index (χ0v) is 8.31. The highest BCUT2D eigenvalue weighted by molar-refractivity contribution is 5.26. The second-order valence-corrected chi connectivity index (χ2v) is 3.69. The second-order valence-electron chi connectivity index (χ2n) is 3.69. The molecule has 1 aromatic carbocycles. The third-order valence-corrected chi connectivity index (χ3v) is 2.70. The molecule has 0 spiro atoms. The molecule has 1 N–H and O–H groups in total. The molecule has 2 rings (SSSR count). The van der Waals surface area contributed by atoms with Gasteiger partial charge in [0.15, 0.2) is 0 Å². The third-order valence-electron chi connectivity index (χ3n) is 2.70. The molecule has 3 nitrogen and oxygen atoms in total. The SMILES string of the molecule is C=NN1CC(O)CC1c1ccccc1F. The maximum atomic E-state index is 13.5. The molecule has 15 heavy (non-hydrogen) atoms. The van der Waals surface area contributed by atoms with Gasteiger partial charge in [0.1, 0.15) is 5.82 Å². The average molecular weight is 208 g/mol. The number of hydrogen-bond donors (Lipinski definition) is 1. The summed E-state index contributed by atoms with van der Waals surface area (Å²) < 4.78 is 13.5. The highest BCUT2D eigenvalue weighted by atomic mass is 19.1. The van der Waals surface area contributed by atoms with Gasteiger partial charge in [-0.15, -0.1) is 0 Å². The van der Waals surface area contributed by atoms with Crippen LogP contribution in [0.5, 0.6) is 0 Å². The van der Waals surface area contributed by atoms with Gasteiger partial charge in [0, 0.05) is 18.7 Å². The standard InChI is InChI=1S/C11H13FN2O/c1-13-14-7-8(15)6-11(14)9-4-2-3-5-10(9)12/h2-5,8,11,15H,1,6-7H2. The number of rotatable bonds is 2. The minimum Gasteiger partial charge on any atom is -0.391 e. The van der Waals surface area contributed by atoms with Crippen LogP contribution < -0.4 is 0 Å². The lowest BCUT2D eigenvalue weighted by Gasteiger charge is -2.20. The first-order valence-corrected chi connectivity index (χ1v) is 4.88. The molecule has 4 heteroatoms. The topological polar surface area (TPSA) is 35.8 Å². The van der Waals surface area contributed by atoms with E-state index in [0.717, 1.165) is 0 Å². The van der Waals surface area contributed by atoms with Gasteiger partial charge in [0.2, 0.25) is 0 Å². The lowest BCUT2D eigenvalue weighted by atomic mass is 10.0. The predicted molar refractivity (Wildman–Crippen MR) is 56.0 cm³/mol. The minimum absolute atomic E-state index is 0.196. The maximum Gasteiger partial charge on any atom is 0.128 e. The van der Waals surface area contributed by atoms with E-state index < -0.39 is 6.10 Å². The van der Waals surface area contributed by atoms with E-state index in [1.165, 1.54) is 6.07 Å². The van der Waals surface area contributed by atoms with E-state index in [0.29, 0.717) is 18.5 Å². The van der Waals surface area contributed by atoms with Gasteiger partial charge in [-0.3, -0.25) is 5.01 Å². The van der Waals surface area contributed by atoms with Gasteiger partial charge < -0.3 is 5.11 Å². The quantitative estimate of drug-likeness (QED) is 0.748. The molecule has 2 atom stereocenters. The van der Waals surface area contributed by atoms with E-state index in [9.17, 15) is 9.50 Å². The molecule has 0 saturated carbocycles. The first-order chi connectivity index (χ1) is 7.22. The zero-order chi connectivity index (χ0) is 10.8. The Kier molecular flexibility index (Phi) is 2.68. The van der Waals surface area contributed by atoms with E-state index in [2.05, 4.69) is 11.8 Å². The third kappa shape index (κ3) is 1.85. The van der Waals surface area contributed by atoms with Crippen LogP contribution in [0.1, 0.15) is 18.0 Å². The van der Waals surface area contributed by atoms with Gasteiger partial charge in [-0.1, -0.05) is 18.2 Å². The van der Waals surface area contributed by atoms with Gasteiger partial charge in [0.05, 0.1) is 18.7 Å². The summed E-state index contributed by atoms with van der Waals surface area (Å²) in [5, 5.41) is 14.9. The van der Waals surface area contributed by atoms with Crippen molar-refractivity contribution in [1.29, 1.82) is 0 Å². The van der Waals surface area contributed by atoms with Crippen LogP contribution in [0.25, 0.3) is 0 Å². The van der Waals surface area contributed by atoms with Crippen molar-refractivity contribution in [3.8, 4) is 0 Å². The molecule has 2 unspecified atom stereocenters. The molecular formula is C11H13FN2O. The van der Waals surface area contributed by atoms with Gasteiger partial charge in [0.25, 0.3) is 0 Å². The van der Waals surface area contributed by atoms with Crippen LogP contribution in [0.2, 0.25) is 0 Å². The second kappa shape index (κ2) is 3.98. The molecule has 0 amide bonds. The molecule has 80 valence electrons. The lowest BCUT2D eigenvalue weighted by Crippen LogP contribution is -2.18. The summed E-state index contributed by atoms with van der Waals surface area (Å²) in [6, 6.07) is 6.37. The number of halogens is 1. The molecule has 1 aliphatic rings. The fraction of sp³-hybridized carbons (Fsp3) is 0.364. The fourth-order valence-electron chi connectivity index (χ4n) is 1.99. The van der Waals surface area contributed by atoms with Crippen LogP contribution in [0.4, 0.5) is 4.39 Å². The maximum absolute atomic E-state index is 13.5. The average Bonchev–Trinajstić information content (AvgIpc) is 2.60. The van der Waals surface area contributed by atoms with Gasteiger partial charge in [-0.2, -0.15) is 5.10 Å². The summed E-state index contributed by atoms with van der Waals surface area (Å²) in [4.78, 5) is 0. The molecule has 0 aromatic heterocycles. The molecular weight excluding hydrogens is 195 g/mol. The van der Waals surface area contributed by atoms with Gasteiger partial charge in [-0.25, -0.2) is 4.39 Å². The van der Waals surface area contributed by atoms with Gasteiger partial charge in [-0.05, 0) is 6.07 Å². The number of nitrogens with zero attached hydrogens (tertiary/aromatic N) is 2. The normalized spacial score (nSPS) is 25.6. The van der Waals surface area contributed by atoms with Crippen LogP contribution >= 0.6 is 0 Å². The number of benzene rings is 1. The Bertz CT molecular complexity index is 369. The van der Waals surface area contributed by atoms with E-state index >= 15 is 0 Å². The van der Waals surface area contributed by atoms with Crippen molar-refractivity contribution in [2.24, 2.45) is 5.10 Å². The Morgan fingerprint density at radius 1 is 1.47 bits per heavy atom. The Morgan fingerprint density at radius 2 is 2.20 bits per heavy atom. The summed E-state index contributed by atoms with van der Waals surface area (Å²) in [5.41, 5.74) is 0.571. The largest absolute Gasteiger partial charge is 0.391 e. The predicted octanol–water partition coefficient (Wildman–Crippen LogP) is 1.55. The first-order valence-electron chi connectivity index (χ1n) is 4.88.